The van der Waals surface area contributed by atoms with Gasteiger partial charge in [-0.3, -0.25) is 0 Å². The van der Waals surface area contributed by atoms with Crippen LogP contribution in [0.1, 0.15) is 42.5 Å². The largest absolute Gasteiger partial charge is 0.248 e. The van der Waals surface area contributed by atoms with Crippen molar-refractivity contribution in [1.82, 2.24) is 0 Å². The number of halogens is 1. The van der Waals surface area contributed by atoms with Crippen LogP contribution < -0.4 is 0 Å². The van der Waals surface area contributed by atoms with Crippen LogP contribution in [0, 0.1) is 13.8 Å². The fraction of sp³-hybridized carbons (Fsp3) is 0.467. The van der Waals surface area contributed by atoms with Gasteiger partial charge in [0.15, 0.2) is 0 Å². The van der Waals surface area contributed by atoms with E-state index >= 15 is 0 Å². The van der Waals surface area contributed by atoms with Gasteiger partial charge in [-0.25, -0.2) is 4.39 Å². The summed E-state index contributed by atoms with van der Waals surface area (Å²) in [6.45, 7) is 11.8. The fourth-order valence-electron chi connectivity index (χ4n) is 1.96. The molecule has 0 aliphatic carbocycles. The van der Waals surface area contributed by atoms with Gasteiger partial charge in [0.25, 0.3) is 0 Å². The molecule has 16 heavy (non-hydrogen) atoms. The van der Waals surface area contributed by atoms with Gasteiger partial charge in [0, 0.05) is 0 Å². The third kappa shape index (κ3) is 2.94. The van der Waals surface area contributed by atoms with Crippen LogP contribution >= 0.6 is 0 Å². The van der Waals surface area contributed by atoms with Gasteiger partial charge in [-0.15, -0.1) is 0 Å². The highest BCUT2D eigenvalue weighted by molar-refractivity contribution is 5.66. The van der Waals surface area contributed by atoms with E-state index in [0.717, 1.165) is 12.0 Å². The molecule has 1 aromatic carbocycles. The van der Waals surface area contributed by atoms with E-state index in [9.17, 15) is 4.39 Å². The minimum absolute atomic E-state index is 0.604. The Balaban J connectivity index is 2.98. The second-order valence-corrected chi connectivity index (χ2v) is 4.62. The van der Waals surface area contributed by atoms with Crippen LogP contribution in [0.5, 0.6) is 0 Å². The summed E-state index contributed by atoms with van der Waals surface area (Å²) in [5.41, 5.74) is 6.12. The maximum absolute atomic E-state index is 12.8. The van der Waals surface area contributed by atoms with Crippen molar-refractivity contribution in [2.45, 2.75) is 46.7 Å². The highest BCUT2D eigenvalue weighted by atomic mass is 19.1. The van der Waals surface area contributed by atoms with E-state index in [4.69, 9.17) is 0 Å². The summed E-state index contributed by atoms with van der Waals surface area (Å²) in [7, 11) is 0. The number of aryl methyl sites for hydroxylation is 1. The highest BCUT2D eigenvalue weighted by Crippen LogP contribution is 2.24. The molecule has 0 aliphatic heterocycles. The molecule has 1 atom stereocenters. The summed E-state index contributed by atoms with van der Waals surface area (Å²) in [6.07, 6.45) is 0.702. The summed E-state index contributed by atoms with van der Waals surface area (Å²) in [4.78, 5) is 0. The maximum atomic E-state index is 12.8. The normalized spacial score (nSPS) is 12.6. The smallest absolute Gasteiger partial charge is 0.0976 e. The molecule has 0 saturated heterocycles. The second-order valence-electron chi connectivity index (χ2n) is 4.62. The lowest BCUT2D eigenvalue weighted by Crippen LogP contribution is -2.00. The number of alkyl halides is 1. The summed E-state index contributed by atoms with van der Waals surface area (Å²) in [5, 5.41) is 0. The zero-order chi connectivity index (χ0) is 12.3. The minimum atomic E-state index is -0.722. The number of allylic oxidation sites excluding steroid dienone is 1. The molecular weight excluding hydrogens is 199 g/mol. The molecule has 0 saturated carbocycles. The van der Waals surface area contributed by atoms with Gasteiger partial charge in [-0.05, 0) is 62.8 Å². The zero-order valence-electron chi connectivity index (χ0n) is 10.7. The quantitative estimate of drug-likeness (QED) is 0.694. The van der Waals surface area contributed by atoms with Gasteiger partial charge in [0.05, 0.1) is 6.17 Å². The second kappa shape index (κ2) is 5.29. The van der Waals surface area contributed by atoms with E-state index < -0.39 is 6.17 Å². The predicted molar refractivity (Wildman–Crippen MR) is 69.5 cm³/mol. The monoisotopic (exact) mass is 220 g/mol. The van der Waals surface area contributed by atoms with Gasteiger partial charge in [0.2, 0.25) is 0 Å². The van der Waals surface area contributed by atoms with Crippen LogP contribution in [0.3, 0.4) is 0 Å². The van der Waals surface area contributed by atoms with E-state index in [2.05, 4.69) is 32.6 Å². The van der Waals surface area contributed by atoms with Gasteiger partial charge in [-0.1, -0.05) is 24.3 Å². The number of benzene rings is 1. The Hall–Kier alpha value is -1.11. The third-order valence-electron chi connectivity index (χ3n) is 3.17. The molecule has 1 aromatic rings. The zero-order valence-corrected chi connectivity index (χ0v) is 10.7. The molecule has 0 aliphatic rings. The highest BCUT2D eigenvalue weighted by Gasteiger charge is 2.08. The topological polar surface area (TPSA) is 0 Å². The van der Waals surface area contributed by atoms with E-state index in [-0.39, 0.29) is 0 Å². The lowest BCUT2D eigenvalue weighted by atomic mass is 9.92. The molecule has 0 amide bonds. The Labute approximate surface area is 98.2 Å². The Morgan fingerprint density at radius 2 is 1.94 bits per heavy atom. The Morgan fingerprint density at radius 3 is 2.44 bits per heavy atom. The SMILES string of the molecule is C=C(C)c1ccc(CCC(C)F)c(C)c1C. The average Bonchev–Trinajstić information content (AvgIpc) is 2.19. The van der Waals surface area contributed by atoms with Crippen molar-refractivity contribution in [1.29, 1.82) is 0 Å². The number of hydrogen-bond donors (Lipinski definition) is 0. The van der Waals surface area contributed by atoms with Crippen molar-refractivity contribution < 1.29 is 4.39 Å². The average molecular weight is 220 g/mol. The first-order chi connectivity index (χ1) is 7.43. The minimum Gasteiger partial charge on any atom is -0.248 e. The molecule has 1 rings (SSSR count). The van der Waals surface area contributed by atoms with Gasteiger partial charge in [-0.2, -0.15) is 0 Å². The fourth-order valence-corrected chi connectivity index (χ4v) is 1.96. The first-order valence-corrected chi connectivity index (χ1v) is 5.82. The molecule has 88 valence electrons. The first-order valence-electron chi connectivity index (χ1n) is 5.82. The van der Waals surface area contributed by atoms with Crippen LogP contribution in [-0.2, 0) is 6.42 Å². The van der Waals surface area contributed by atoms with Gasteiger partial charge >= 0.3 is 0 Å². The Bertz CT molecular complexity index is 389. The molecule has 0 heterocycles. The number of hydrogen-bond acceptors (Lipinski definition) is 0. The summed E-state index contributed by atoms with van der Waals surface area (Å²) in [6, 6.07) is 4.21. The van der Waals surface area contributed by atoms with E-state index in [1.165, 1.54) is 22.3 Å². The van der Waals surface area contributed by atoms with Crippen molar-refractivity contribution in [3.63, 3.8) is 0 Å². The van der Waals surface area contributed by atoms with Crippen LogP contribution in [0.15, 0.2) is 18.7 Å². The summed E-state index contributed by atoms with van der Waals surface area (Å²) in [5.74, 6) is 0. The van der Waals surface area contributed by atoms with E-state index in [0.29, 0.717) is 6.42 Å². The Morgan fingerprint density at radius 1 is 1.31 bits per heavy atom. The molecule has 0 spiro atoms. The van der Waals surface area contributed by atoms with Crippen LogP contribution in [0.25, 0.3) is 5.57 Å². The summed E-state index contributed by atoms with van der Waals surface area (Å²) < 4.78 is 12.8. The molecule has 0 nitrogen and oxygen atoms in total. The molecule has 1 unspecified atom stereocenters. The summed E-state index contributed by atoms with van der Waals surface area (Å²) >= 11 is 0. The van der Waals surface area contributed by atoms with Crippen molar-refractivity contribution >= 4 is 5.57 Å². The van der Waals surface area contributed by atoms with Crippen LogP contribution in [0.4, 0.5) is 4.39 Å². The lowest BCUT2D eigenvalue weighted by Gasteiger charge is -2.13. The van der Waals surface area contributed by atoms with E-state index in [1.807, 2.05) is 6.92 Å². The lowest BCUT2D eigenvalue weighted by molar-refractivity contribution is 0.341. The molecule has 0 radical (unpaired) electrons. The third-order valence-corrected chi connectivity index (χ3v) is 3.17. The molecule has 0 N–H and O–H groups in total. The van der Waals surface area contributed by atoms with Crippen molar-refractivity contribution in [3.8, 4) is 0 Å². The predicted octanol–water partition coefficient (Wildman–Crippen LogP) is 4.63. The molecule has 0 aromatic heterocycles. The van der Waals surface area contributed by atoms with Crippen LogP contribution in [-0.4, -0.2) is 6.17 Å². The van der Waals surface area contributed by atoms with Crippen molar-refractivity contribution in [3.05, 3.63) is 41.0 Å². The standard InChI is InChI=1S/C15H21F/c1-10(2)15-9-8-14(7-6-11(3)16)12(4)13(15)5/h8-9,11H,1,6-7H2,2-5H3. The molecule has 0 fully saturated rings. The van der Waals surface area contributed by atoms with Crippen molar-refractivity contribution in [2.24, 2.45) is 0 Å². The maximum Gasteiger partial charge on any atom is 0.0976 e. The van der Waals surface area contributed by atoms with Crippen molar-refractivity contribution in [2.75, 3.05) is 0 Å². The van der Waals surface area contributed by atoms with Gasteiger partial charge < -0.3 is 0 Å². The van der Waals surface area contributed by atoms with Gasteiger partial charge in [0.1, 0.15) is 0 Å². The Kier molecular flexibility index (Phi) is 4.28. The molecule has 1 heteroatoms. The number of rotatable bonds is 4. The van der Waals surface area contributed by atoms with Crippen LogP contribution in [0.2, 0.25) is 0 Å². The molecule has 0 bridgehead atoms. The molecular formula is C15H21F. The van der Waals surface area contributed by atoms with E-state index in [1.54, 1.807) is 6.92 Å². The first kappa shape index (κ1) is 13.0.